The van der Waals surface area contributed by atoms with Gasteiger partial charge in [-0.1, -0.05) is 304 Å². The summed E-state index contributed by atoms with van der Waals surface area (Å²) in [5.41, 5.74) is 0. The fourth-order valence-corrected chi connectivity index (χ4v) is 9.54. The van der Waals surface area contributed by atoms with Gasteiger partial charge in [-0.2, -0.15) is 0 Å². The van der Waals surface area contributed by atoms with Crippen LogP contribution in [-0.4, -0.2) is 37.2 Å². The van der Waals surface area contributed by atoms with Gasteiger partial charge in [0.1, 0.15) is 13.2 Å². The number of unbranched alkanes of at least 4 members (excludes halogenated alkanes) is 34. The van der Waals surface area contributed by atoms with E-state index in [2.05, 4.69) is 118 Å². The predicted molar refractivity (Wildman–Crippen MR) is 344 cm³/mol. The third-order valence-corrected chi connectivity index (χ3v) is 14.6. The summed E-state index contributed by atoms with van der Waals surface area (Å²) >= 11 is 0. The first-order chi connectivity index (χ1) is 39.0. The van der Waals surface area contributed by atoms with Gasteiger partial charge < -0.3 is 14.2 Å². The Kier molecular flexibility index (Phi) is 63.7. The molecule has 6 heteroatoms. The summed E-state index contributed by atoms with van der Waals surface area (Å²) in [7, 11) is 0. The molecule has 0 amide bonds. The summed E-state index contributed by atoms with van der Waals surface area (Å²) in [5, 5.41) is 0. The first kappa shape index (κ1) is 75.3. The Morgan fingerprint density at radius 1 is 0.266 bits per heavy atom. The topological polar surface area (TPSA) is 78.9 Å². The SMILES string of the molecule is CC/C=C\C/C=C\C/C=C\C/C=C\C/C=C\C/C=C\CCCCCCC(=O)OC(COC(=O)CCCCCCCCCCCCC)COC(=O)CCCCCCCCCCCCCCCCC/C=C\C/C=C\CCCCCCC. The van der Waals surface area contributed by atoms with Crippen molar-refractivity contribution < 1.29 is 28.6 Å². The molecule has 0 aromatic rings. The standard InChI is InChI=1S/C73H126O6/c1-4-7-10-13-16-19-22-24-26-28-30-32-34-35-36-37-39-40-42-44-46-48-51-54-57-60-63-66-72(75)78-69-70(68-77-71(74)65-62-59-56-53-50-21-18-15-12-9-6-3)79-73(76)67-64-61-58-55-52-49-47-45-43-41-38-33-31-29-27-25-23-20-17-14-11-8-5-2/h8,11,17,20,22,24-25,27-28,30-31,33,41,43,47,49,70H,4-7,9-10,12-16,18-19,21,23,26,29,32,34-40,42,44-46,48,50-69H2,1-3H3/b11-8-,20-17-,24-22-,27-25-,30-28-,33-31-,43-41-,49-47-. The van der Waals surface area contributed by atoms with Gasteiger partial charge in [0.15, 0.2) is 6.10 Å². The molecule has 454 valence electrons. The number of esters is 3. The Morgan fingerprint density at radius 3 is 0.772 bits per heavy atom. The quantitative estimate of drug-likeness (QED) is 0.0261. The normalized spacial score (nSPS) is 12.7. The van der Waals surface area contributed by atoms with E-state index in [1.807, 2.05) is 0 Å². The summed E-state index contributed by atoms with van der Waals surface area (Å²) in [5.74, 6) is -0.899. The Labute approximate surface area is 489 Å². The first-order valence-corrected chi connectivity index (χ1v) is 33.7. The summed E-state index contributed by atoms with van der Waals surface area (Å²) in [4.78, 5) is 38.3. The molecule has 0 spiro atoms. The molecule has 0 aromatic heterocycles. The van der Waals surface area contributed by atoms with E-state index in [0.717, 1.165) is 116 Å². The molecule has 1 atom stereocenters. The molecule has 0 fully saturated rings. The Bertz CT molecular complexity index is 1540. The number of allylic oxidation sites excluding steroid dienone is 16. The van der Waals surface area contributed by atoms with Crippen LogP contribution in [-0.2, 0) is 28.6 Å². The lowest BCUT2D eigenvalue weighted by Crippen LogP contribution is -2.30. The van der Waals surface area contributed by atoms with Crippen LogP contribution in [0.1, 0.15) is 329 Å². The molecule has 0 N–H and O–H groups in total. The summed E-state index contributed by atoms with van der Waals surface area (Å²) in [6.07, 6.45) is 90.0. The van der Waals surface area contributed by atoms with Crippen LogP contribution in [0, 0.1) is 0 Å². The number of carbonyl (C=O) groups is 3. The van der Waals surface area contributed by atoms with Crippen LogP contribution in [0.15, 0.2) is 97.2 Å². The summed E-state index contributed by atoms with van der Waals surface area (Å²) < 4.78 is 16.9. The fourth-order valence-electron chi connectivity index (χ4n) is 9.54. The minimum Gasteiger partial charge on any atom is -0.462 e. The zero-order valence-corrected chi connectivity index (χ0v) is 52.1. The molecule has 0 rings (SSSR count). The van der Waals surface area contributed by atoms with E-state index in [0.29, 0.717) is 19.3 Å². The zero-order chi connectivity index (χ0) is 57.1. The molecule has 0 saturated carbocycles. The van der Waals surface area contributed by atoms with Crippen molar-refractivity contribution in [2.75, 3.05) is 13.2 Å². The van der Waals surface area contributed by atoms with Gasteiger partial charge in [0.2, 0.25) is 0 Å². The van der Waals surface area contributed by atoms with E-state index >= 15 is 0 Å². The van der Waals surface area contributed by atoms with Crippen molar-refractivity contribution >= 4 is 17.9 Å². The molecular formula is C73H126O6. The molecule has 0 aliphatic heterocycles. The first-order valence-electron chi connectivity index (χ1n) is 33.7. The summed E-state index contributed by atoms with van der Waals surface area (Å²) in [6, 6.07) is 0. The maximum absolute atomic E-state index is 12.9. The highest BCUT2D eigenvalue weighted by Gasteiger charge is 2.19. The number of hydrogen-bond acceptors (Lipinski definition) is 6. The third-order valence-electron chi connectivity index (χ3n) is 14.6. The Balaban J connectivity index is 4.28. The van der Waals surface area contributed by atoms with E-state index in [1.165, 1.54) is 173 Å². The van der Waals surface area contributed by atoms with Gasteiger partial charge in [0.05, 0.1) is 0 Å². The number of rotatable bonds is 61. The fraction of sp³-hybridized carbons (Fsp3) is 0.740. The van der Waals surface area contributed by atoms with E-state index in [9.17, 15) is 14.4 Å². The molecule has 0 aliphatic rings. The van der Waals surface area contributed by atoms with Crippen LogP contribution in [0.2, 0.25) is 0 Å². The molecular weight excluding hydrogens is 973 g/mol. The van der Waals surface area contributed by atoms with Crippen LogP contribution in [0.25, 0.3) is 0 Å². The minimum atomic E-state index is -0.791. The third kappa shape index (κ3) is 65.0. The molecule has 0 bridgehead atoms. The van der Waals surface area contributed by atoms with Crippen LogP contribution in [0.5, 0.6) is 0 Å². The van der Waals surface area contributed by atoms with Gasteiger partial charge in [-0.05, 0) is 103 Å². The molecule has 0 heterocycles. The maximum Gasteiger partial charge on any atom is 0.306 e. The zero-order valence-electron chi connectivity index (χ0n) is 52.1. The van der Waals surface area contributed by atoms with E-state index in [1.54, 1.807) is 0 Å². The van der Waals surface area contributed by atoms with E-state index in [-0.39, 0.29) is 31.1 Å². The highest BCUT2D eigenvalue weighted by atomic mass is 16.6. The highest BCUT2D eigenvalue weighted by Crippen LogP contribution is 2.17. The van der Waals surface area contributed by atoms with Crippen LogP contribution < -0.4 is 0 Å². The van der Waals surface area contributed by atoms with E-state index < -0.39 is 6.10 Å². The van der Waals surface area contributed by atoms with Crippen molar-refractivity contribution in [3.05, 3.63) is 97.2 Å². The lowest BCUT2D eigenvalue weighted by Gasteiger charge is -2.18. The van der Waals surface area contributed by atoms with Gasteiger partial charge in [-0.25, -0.2) is 0 Å². The lowest BCUT2D eigenvalue weighted by molar-refractivity contribution is -0.167. The van der Waals surface area contributed by atoms with Gasteiger partial charge in [-0.3, -0.25) is 14.4 Å². The second-order valence-corrected chi connectivity index (χ2v) is 22.4. The van der Waals surface area contributed by atoms with Gasteiger partial charge in [-0.15, -0.1) is 0 Å². The van der Waals surface area contributed by atoms with Gasteiger partial charge in [0, 0.05) is 19.3 Å². The van der Waals surface area contributed by atoms with Crippen LogP contribution >= 0.6 is 0 Å². The number of hydrogen-bond donors (Lipinski definition) is 0. The molecule has 0 radical (unpaired) electrons. The maximum atomic E-state index is 12.9. The van der Waals surface area contributed by atoms with Crippen LogP contribution in [0.4, 0.5) is 0 Å². The van der Waals surface area contributed by atoms with Crippen molar-refractivity contribution in [2.45, 2.75) is 335 Å². The minimum absolute atomic E-state index is 0.0852. The predicted octanol–water partition coefficient (Wildman–Crippen LogP) is 23.2. The van der Waals surface area contributed by atoms with Crippen molar-refractivity contribution in [1.82, 2.24) is 0 Å². The number of ether oxygens (including phenoxy) is 3. The Hall–Kier alpha value is -3.67. The molecule has 0 aromatic carbocycles. The van der Waals surface area contributed by atoms with E-state index in [4.69, 9.17) is 14.2 Å². The van der Waals surface area contributed by atoms with Gasteiger partial charge in [0.25, 0.3) is 0 Å². The average Bonchev–Trinajstić information content (AvgIpc) is 3.45. The van der Waals surface area contributed by atoms with Crippen LogP contribution in [0.3, 0.4) is 0 Å². The number of carbonyl (C=O) groups excluding carboxylic acids is 3. The molecule has 1 unspecified atom stereocenters. The lowest BCUT2D eigenvalue weighted by atomic mass is 10.0. The average molecular weight is 1100 g/mol. The Morgan fingerprint density at radius 2 is 0.494 bits per heavy atom. The van der Waals surface area contributed by atoms with Crippen molar-refractivity contribution in [3.8, 4) is 0 Å². The largest absolute Gasteiger partial charge is 0.462 e. The van der Waals surface area contributed by atoms with Crippen molar-refractivity contribution in [2.24, 2.45) is 0 Å². The molecule has 0 aliphatic carbocycles. The molecule has 79 heavy (non-hydrogen) atoms. The second kappa shape index (κ2) is 66.8. The smallest absolute Gasteiger partial charge is 0.306 e. The monoisotopic (exact) mass is 1100 g/mol. The highest BCUT2D eigenvalue weighted by molar-refractivity contribution is 5.71. The summed E-state index contributed by atoms with van der Waals surface area (Å²) in [6.45, 7) is 6.52. The molecule has 6 nitrogen and oxygen atoms in total. The van der Waals surface area contributed by atoms with Crippen molar-refractivity contribution in [1.29, 1.82) is 0 Å². The second-order valence-electron chi connectivity index (χ2n) is 22.4. The molecule has 0 saturated heterocycles. The van der Waals surface area contributed by atoms with Crippen molar-refractivity contribution in [3.63, 3.8) is 0 Å². The van der Waals surface area contributed by atoms with Gasteiger partial charge >= 0.3 is 17.9 Å².